The van der Waals surface area contributed by atoms with Crippen LogP contribution in [-0.4, -0.2) is 16.6 Å². The summed E-state index contributed by atoms with van der Waals surface area (Å²) in [5.41, 5.74) is 5.60. The van der Waals surface area contributed by atoms with Gasteiger partial charge in [0.1, 0.15) is 0 Å². The molecule has 4 heteroatoms. The lowest BCUT2D eigenvalue weighted by atomic mass is 10.2. The van der Waals surface area contributed by atoms with E-state index in [4.69, 9.17) is 17.3 Å². The number of nitrogens with zero attached hydrogens (tertiary/aromatic N) is 1. The lowest BCUT2D eigenvalue weighted by Gasteiger charge is -2.16. The Bertz CT molecular complexity index is 225. The van der Waals surface area contributed by atoms with Crippen LogP contribution >= 0.6 is 11.6 Å². The van der Waals surface area contributed by atoms with Gasteiger partial charge in [0.25, 0.3) is 0 Å². The summed E-state index contributed by atoms with van der Waals surface area (Å²) >= 11 is 5.61. The number of halogens is 1. The molecule has 3 N–H and O–H groups in total. The fraction of sp³-hybridized carbons (Fsp3) is 0.286. The molecule has 1 aromatic heterocycles. The monoisotopic (exact) mass is 172 g/mol. The number of hydrogen-bond donors (Lipinski definition) is 2. The van der Waals surface area contributed by atoms with Crippen LogP contribution in [0.25, 0.3) is 0 Å². The summed E-state index contributed by atoms with van der Waals surface area (Å²) in [6.07, 6.45) is 1.55. The van der Waals surface area contributed by atoms with Gasteiger partial charge in [-0.15, -0.1) is 0 Å². The van der Waals surface area contributed by atoms with Crippen LogP contribution in [0, 0.1) is 0 Å². The molecule has 60 valence electrons. The van der Waals surface area contributed by atoms with E-state index in [1.54, 1.807) is 24.4 Å². The zero-order chi connectivity index (χ0) is 8.32. The molecule has 1 aromatic rings. The quantitative estimate of drug-likeness (QED) is 0.636. The zero-order valence-electron chi connectivity index (χ0n) is 5.87. The minimum atomic E-state index is -1.53. The van der Waals surface area contributed by atoms with E-state index in [0.717, 1.165) is 0 Å². The molecule has 0 aromatic carbocycles. The van der Waals surface area contributed by atoms with Crippen LogP contribution in [0.15, 0.2) is 24.4 Å². The van der Waals surface area contributed by atoms with Crippen molar-refractivity contribution in [2.75, 3.05) is 6.54 Å². The summed E-state index contributed by atoms with van der Waals surface area (Å²) in [6, 6.07) is 5.11. The third-order valence-electron chi connectivity index (χ3n) is 1.33. The number of alkyl halides is 1. The maximum absolute atomic E-state index is 9.37. The Morgan fingerprint density at radius 2 is 2.36 bits per heavy atom. The van der Waals surface area contributed by atoms with Crippen molar-refractivity contribution < 1.29 is 5.11 Å². The molecule has 0 saturated heterocycles. The van der Waals surface area contributed by atoms with E-state index in [2.05, 4.69) is 4.98 Å². The Morgan fingerprint density at radius 3 is 2.82 bits per heavy atom. The first kappa shape index (κ1) is 8.46. The Kier molecular flexibility index (Phi) is 2.44. The van der Waals surface area contributed by atoms with Crippen LogP contribution < -0.4 is 5.73 Å². The summed E-state index contributed by atoms with van der Waals surface area (Å²) in [5.74, 6) is 0. The molecule has 0 fully saturated rings. The molecule has 1 heterocycles. The maximum Gasteiger partial charge on any atom is 0.193 e. The van der Waals surface area contributed by atoms with E-state index in [-0.39, 0.29) is 6.54 Å². The number of rotatable bonds is 2. The predicted molar refractivity (Wildman–Crippen MR) is 43.0 cm³/mol. The standard InChI is InChI=1S/C7H9ClN2O/c8-7(11,5-9)6-3-1-2-4-10-6/h1-4,11H,5,9H2. The first-order valence-corrected chi connectivity index (χ1v) is 3.57. The van der Waals surface area contributed by atoms with Gasteiger partial charge in [0.2, 0.25) is 0 Å². The SMILES string of the molecule is NCC(O)(Cl)c1ccccn1. The van der Waals surface area contributed by atoms with Gasteiger partial charge in [-0.2, -0.15) is 0 Å². The fourth-order valence-electron chi connectivity index (χ4n) is 0.694. The molecule has 11 heavy (non-hydrogen) atoms. The van der Waals surface area contributed by atoms with Gasteiger partial charge in [-0.1, -0.05) is 17.7 Å². The highest BCUT2D eigenvalue weighted by Crippen LogP contribution is 2.21. The van der Waals surface area contributed by atoms with E-state index in [1.807, 2.05) is 0 Å². The molecule has 3 nitrogen and oxygen atoms in total. The van der Waals surface area contributed by atoms with Crippen LogP contribution in [0.4, 0.5) is 0 Å². The van der Waals surface area contributed by atoms with Gasteiger partial charge < -0.3 is 10.8 Å². The van der Waals surface area contributed by atoms with Crippen LogP contribution in [0.5, 0.6) is 0 Å². The minimum absolute atomic E-state index is 0.0500. The molecule has 0 aliphatic heterocycles. The normalized spacial score (nSPS) is 15.9. The van der Waals surface area contributed by atoms with E-state index < -0.39 is 5.06 Å². The largest absolute Gasteiger partial charge is 0.369 e. The molecular formula is C7H9ClN2O. The molecule has 0 aliphatic rings. The van der Waals surface area contributed by atoms with Crippen LogP contribution in [0.1, 0.15) is 5.69 Å². The van der Waals surface area contributed by atoms with Crippen LogP contribution in [0.3, 0.4) is 0 Å². The second-order valence-electron chi connectivity index (χ2n) is 2.18. The molecule has 0 bridgehead atoms. The summed E-state index contributed by atoms with van der Waals surface area (Å²) in [6.45, 7) is -0.0500. The summed E-state index contributed by atoms with van der Waals surface area (Å²) < 4.78 is 0. The van der Waals surface area contributed by atoms with Gasteiger partial charge in [-0.05, 0) is 12.1 Å². The van der Waals surface area contributed by atoms with Crippen molar-refractivity contribution in [2.24, 2.45) is 5.73 Å². The average Bonchev–Trinajstić information content (AvgIpc) is 2.06. The first-order valence-electron chi connectivity index (χ1n) is 3.19. The number of pyridine rings is 1. The summed E-state index contributed by atoms with van der Waals surface area (Å²) in [7, 11) is 0. The number of nitrogens with two attached hydrogens (primary N) is 1. The molecule has 0 amide bonds. The van der Waals surface area contributed by atoms with Crippen molar-refractivity contribution in [3.05, 3.63) is 30.1 Å². The summed E-state index contributed by atoms with van der Waals surface area (Å²) in [4.78, 5) is 3.86. The molecule has 1 rings (SSSR count). The second-order valence-corrected chi connectivity index (χ2v) is 2.80. The molecule has 0 spiro atoms. The third-order valence-corrected chi connectivity index (χ3v) is 1.68. The highest BCUT2D eigenvalue weighted by atomic mass is 35.5. The minimum Gasteiger partial charge on any atom is -0.369 e. The first-order chi connectivity index (χ1) is 5.17. The maximum atomic E-state index is 9.37. The van der Waals surface area contributed by atoms with Crippen molar-refractivity contribution >= 4 is 11.6 Å². The topological polar surface area (TPSA) is 59.1 Å². The van der Waals surface area contributed by atoms with Gasteiger partial charge in [0.15, 0.2) is 5.06 Å². The Balaban J connectivity index is 2.93. The fourth-order valence-corrected chi connectivity index (χ4v) is 0.806. The van der Waals surface area contributed by atoms with Gasteiger partial charge in [-0.3, -0.25) is 4.98 Å². The van der Waals surface area contributed by atoms with Crippen molar-refractivity contribution in [3.63, 3.8) is 0 Å². The van der Waals surface area contributed by atoms with Gasteiger partial charge in [-0.25, -0.2) is 0 Å². The Morgan fingerprint density at radius 1 is 1.64 bits per heavy atom. The van der Waals surface area contributed by atoms with E-state index in [0.29, 0.717) is 5.69 Å². The van der Waals surface area contributed by atoms with Crippen molar-refractivity contribution in [2.45, 2.75) is 5.06 Å². The lowest BCUT2D eigenvalue weighted by Crippen LogP contribution is -2.29. The van der Waals surface area contributed by atoms with E-state index in [1.165, 1.54) is 0 Å². The lowest BCUT2D eigenvalue weighted by molar-refractivity contribution is 0.133. The van der Waals surface area contributed by atoms with Gasteiger partial charge in [0, 0.05) is 12.7 Å². The molecule has 0 saturated carbocycles. The zero-order valence-corrected chi connectivity index (χ0v) is 6.62. The second kappa shape index (κ2) is 3.17. The van der Waals surface area contributed by atoms with E-state index in [9.17, 15) is 5.11 Å². The number of hydrogen-bond acceptors (Lipinski definition) is 3. The number of aliphatic hydroxyl groups is 1. The van der Waals surface area contributed by atoms with Crippen molar-refractivity contribution in [1.82, 2.24) is 4.98 Å². The van der Waals surface area contributed by atoms with Crippen LogP contribution in [-0.2, 0) is 5.06 Å². The average molecular weight is 173 g/mol. The highest BCUT2D eigenvalue weighted by Gasteiger charge is 2.24. The van der Waals surface area contributed by atoms with E-state index >= 15 is 0 Å². The predicted octanol–water partition coefficient (Wildman–Crippen LogP) is 0.424. The molecule has 0 radical (unpaired) electrons. The Hall–Kier alpha value is -0.640. The van der Waals surface area contributed by atoms with Crippen molar-refractivity contribution in [1.29, 1.82) is 0 Å². The van der Waals surface area contributed by atoms with Crippen molar-refractivity contribution in [3.8, 4) is 0 Å². The Labute approximate surface area is 69.8 Å². The van der Waals surface area contributed by atoms with Gasteiger partial charge >= 0.3 is 0 Å². The molecule has 1 atom stereocenters. The van der Waals surface area contributed by atoms with Crippen LogP contribution in [0.2, 0.25) is 0 Å². The molecule has 1 unspecified atom stereocenters. The molecule has 0 aliphatic carbocycles. The molecular weight excluding hydrogens is 164 g/mol. The highest BCUT2D eigenvalue weighted by molar-refractivity contribution is 6.22. The summed E-state index contributed by atoms with van der Waals surface area (Å²) in [5, 5.41) is 7.85. The number of aromatic nitrogens is 1. The third kappa shape index (κ3) is 1.89. The smallest absolute Gasteiger partial charge is 0.193 e. The van der Waals surface area contributed by atoms with Gasteiger partial charge in [0.05, 0.1) is 5.69 Å².